The molecule has 0 radical (unpaired) electrons. The summed E-state index contributed by atoms with van der Waals surface area (Å²) in [5.74, 6) is -1.24. The number of amides is 9. The summed E-state index contributed by atoms with van der Waals surface area (Å²) in [7, 11) is 0. The molecule has 0 aromatic heterocycles. The molecule has 7 fully saturated rings. The van der Waals surface area contributed by atoms with E-state index in [1.165, 1.54) is 56.6 Å². The topological polar surface area (TPSA) is 298 Å². The van der Waals surface area contributed by atoms with Gasteiger partial charge in [0.15, 0.2) is 0 Å². The molecule has 0 bridgehead atoms. The summed E-state index contributed by atoms with van der Waals surface area (Å²) >= 11 is 0. The molecule has 24 nitrogen and oxygen atoms in total. The van der Waals surface area contributed by atoms with E-state index >= 15 is 0 Å². The largest absolute Gasteiger partial charge is 0.444 e. The van der Waals surface area contributed by atoms with Crippen molar-refractivity contribution >= 4 is 53.7 Å². The maximum Gasteiger partial charge on any atom is 0.411 e. The Morgan fingerprint density at radius 2 is 0.847 bits per heavy atom. The summed E-state index contributed by atoms with van der Waals surface area (Å²) in [6.07, 6.45) is 2.58. The van der Waals surface area contributed by atoms with Crippen LogP contribution in [0.5, 0.6) is 0 Å². The van der Waals surface area contributed by atoms with Crippen LogP contribution in [0.15, 0.2) is 30.3 Å². The molecule has 9 atom stereocenters. The van der Waals surface area contributed by atoms with Crippen LogP contribution in [0.25, 0.3) is 0 Å². The zero-order valence-electron chi connectivity index (χ0n) is 52.7. The van der Waals surface area contributed by atoms with E-state index < -0.39 is 94.0 Å². The zero-order valence-corrected chi connectivity index (χ0v) is 52.7. The number of likely N-dealkylation sites (tertiary alicyclic amines) is 6. The van der Waals surface area contributed by atoms with Crippen LogP contribution in [-0.2, 0) is 49.5 Å². The van der Waals surface area contributed by atoms with Gasteiger partial charge in [-0.2, -0.15) is 0 Å². The number of hydrogen-bond acceptors (Lipinski definition) is 15. The number of aliphatic hydroxyl groups is 3. The lowest BCUT2D eigenvalue weighted by Gasteiger charge is -2.53. The predicted molar refractivity (Wildman–Crippen MR) is 313 cm³/mol. The fourth-order valence-electron chi connectivity index (χ4n) is 12.2. The monoisotopic (exact) mass is 1200 g/mol. The van der Waals surface area contributed by atoms with E-state index in [1.807, 2.05) is 44.2 Å². The van der Waals surface area contributed by atoms with E-state index in [9.17, 15) is 58.5 Å². The van der Waals surface area contributed by atoms with E-state index in [2.05, 4.69) is 16.0 Å². The van der Waals surface area contributed by atoms with Gasteiger partial charge in [0.25, 0.3) is 17.7 Å². The summed E-state index contributed by atoms with van der Waals surface area (Å²) in [5.41, 5.74) is -3.89. The second kappa shape index (κ2) is 26.8. The molecule has 1 aromatic carbocycles. The average Bonchev–Trinajstić information content (AvgIpc) is 1.77. The van der Waals surface area contributed by atoms with Crippen molar-refractivity contribution in [3.8, 4) is 0 Å². The Balaban J connectivity index is 0.000000205. The molecule has 24 heteroatoms. The molecule has 1 saturated carbocycles. The minimum absolute atomic E-state index is 0.208. The second-order valence-electron chi connectivity index (χ2n) is 27.5. The minimum atomic E-state index is -1.04. The lowest BCUT2D eigenvalue weighted by atomic mass is 9.83. The Labute approximate surface area is 501 Å². The number of carbonyl (C=O) groups excluding carboxylic acids is 9. The molecule has 6 N–H and O–H groups in total. The van der Waals surface area contributed by atoms with Crippen LogP contribution in [0.3, 0.4) is 0 Å². The van der Waals surface area contributed by atoms with Crippen molar-refractivity contribution in [3.63, 3.8) is 0 Å². The molecule has 9 amide bonds. The summed E-state index contributed by atoms with van der Waals surface area (Å²) in [5, 5.41) is 39.0. The fourth-order valence-corrected chi connectivity index (χ4v) is 12.2. The first-order valence-electron chi connectivity index (χ1n) is 30.4. The Bertz CT molecular complexity index is 2590. The average molecular weight is 1200 g/mol. The van der Waals surface area contributed by atoms with E-state index in [4.69, 9.17) is 14.2 Å². The Hall–Kier alpha value is -6.27. The number of benzene rings is 1. The first-order chi connectivity index (χ1) is 39.5. The number of nitrogens with zero attached hydrogens (tertiary/aromatic N) is 6. The third-order valence-corrected chi connectivity index (χ3v) is 16.5. The van der Waals surface area contributed by atoms with Gasteiger partial charge in [-0.15, -0.1) is 0 Å². The van der Waals surface area contributed by atoms with Crippen LogP contribution in [0.1, 0.15) is 160 Å². The minimum Gasteiger partial charge on any atom is -0.444 e. The zero-order chi connectivity index (χ0) is 63.4. The number of hydrogen-bond donors (Lipinski definition) is 6. The molecular formula is C61H97N9O15. The van der Waals surface area contributed by atoms with E-state index in [0.717, 1.165) is 18.4 Å². The van der Waals surface area contributed by atoms with Gasteiger partial charge >= 0.3 is 18.3 Å². The number of aliphatic hydroxyl groups excluding tert-OH is 3. The standard InChI is InChI=1S/C22H31N3O5.C20H33N3O5.C19H33N3O5/c1-15(26)17(18(27)23-13-16-9-6-5-7-10-16)24-14-22(19(24)28)11-8-12-25(22)20(29)30-21(2,3)4;1-13(24)15(16(25)21-11-14-7-5-8-14)22-12-20(17(22)26)9-6-10-23(20)18(27)28-19(2,3)4;1-12(2)10-20-15(24)14(13(3)23)21-11-19(16(21)25)8-7-9-22(19)17(26)27-18(4,5)6/h5-7,9-10,15,17,26H,8,11-14H2,1-4H3,(H,23,27);13-15,24H,5-12H2,1-4H3,(H,21,25);12-14,23H,7-11H2,1-6H3,(H,20,24)/t15-,17+,22?;13-,15+,20?;13-,14+,19?/m111/s1. The van der Waals surface area contributed by atoms with Crippen molar-refractivity contribution in [2.45, 2.75) is 231 Å². The lowest BCUT2D eigenvalue weighted by molar-refractivity contribution is -0.172. The van der Waals surface area contributed by atoms with Crippen LogP contribution in [0.4, 0.5) is 14.4 Å². The summed E-state index contributed by atoms with van der Waals surface area (Å²) in [6, 6.07) is 6.52. The molecule has 1 aromatic rings. The third-order valence-electron chi connectivity index (χ3n) is 16.5. The van der Waals surface area contributed by atoms with Crippen molar-refractivity contribution in [1.82, 2.24) is 45.3 Å². The summed E-state index contributed by atoms with van der Waals surface area (Å²) < 4.78 is 16.4. The van der Waals surface area contributed by atoms with Crippen LogP contribution in [-0.4, -0.2) is 221 Å². The fraction of sp³-hybridized carbons (Fsp3) is 0.754. The highest BCUT2D eigenvalue weighted by atomic mass is 16.6. The first-order valence-corrected chi connectivity index (χ1v) is 30.4. The first kappa shape index (κ1) is 67.9. The Kier molecular flexibility index (Phi) is 21.4. The smallest absolute Gasteiger partial charge is 0.411 e. The van der Waals surface area contributed by atoms with Crippen molar-refractivity contribution in [3.05, 3.63) is 35.9 Å². The molecule has 6 aliphatic heterocycles. The Morgan fingerprint density at radius 3 is 1.13 bits per heavy atom. The molecule has 85 heavy (non-hydrogen) atoms. The number of ether oxygens (including phenoxy) is 3. The second-order valence-corrected chi connectivity index (χ2v) is 27.5. The van der Waals surface area contributed by atoms with Crippen molar-refractivity contribution in [2.75, 3.05) is 52.4 Å². The highest BCUT2D eigenvalue weighted by Gasteiger charge is 2.65. The van der Waals surface area contributed by atoms with Gasteiger partial charge in [0.2, 0.25) is 17.7 Å². The summed E-state index contributed by atoms with van der Waals surface area (Å²) in [6.45, 7) is 27.9. The summed E-state index contributed by atoms with van der Waals surface area (Å²) in [4.78, 5) is 124. The maximum absolute atomic E-state index is 13.2. The number of β-lactam (4-membered cyclic amide) rings is 3. The SMILES string of the molecule is CC(C)CNC(=O)[C@H]([C@@H](C)O)N1CC2(CCCN2C(=O)OC(C)(C)C)C1=O.C[C@@H](O)[C@@H](C(=O)NCC1CCC1)N1CC2(CCCN2C(=O)OC(C)(C)C)C1=O.C[C@@H](O)[C@@H](C(=O)NCc1ccccc1)N1CC2(CCCN2C(=O)OC(C)(C)C)C1=O. The maximum atomic E-state index is 13.2. The van der Waals surface area contributed by atoms with Gasteiger partial charge in [0.05, 0.1) is 37.9 Å². The van der Waals surface area contributed by atoms with E-state index in [1.54, 1.807) is 62.3 Å². The number of rotatable bonds is 15. The molecule has 6 saturated heterocycles. The molecule has 6 heterocycles. The third kappa shape index (κ3) is 15.5. The van der Waals surface area contributed by atoms with E-state index in [0.29, 0.717) is 83.7 Å². The van der Waals surface area contributed by atoms with Gasteiger partial charge in [-0.25, -0.2) is 14.4 Å². The molecule has 7 aliphatic rings. The quantitative estimate of drug-likeness (QED) is 0.107. The van der Waals surface area contributed by atoms with Crippen LogP contribution in [0.2, 0.25) is 0 Å². The number of nitrogens with one attached hydrogen (secondary N) is 3. The molecule has 8 rings (SSSR count). The van der Waals surface area contributed by atoms with Crippen LogP contribution in [0, 0.1) is 11.8 Å². The van der Waals surface area contributed by atoms with Gasteiger partial charge in [-0.05, 0) is 152 Å². The van der Waals surface area contributed by atoms with Gasteiger partial charge in [0, 0.05) is 39.3 Å². The van der Waals surface area contributed by atoms with Crippen molar-refractivity contribution in [1.29, 1.82) is 0 Å². The van der Waals surface area contributed by atoms with Gasteiger partial charge in [0.1, 0.15) is 51.5 Å². The molecule has 476 valence electrons. The van der Waals surface area contributed by atoms with Crippen molar-refractivity contribution < 1.29 is 72.7 Å². The van der Waals surface area contributed by atoms with E-state index in [-0.39, 0.29) is 55.1 Å². The Morgan fingerprint density at radius 1 is 0.518 bits per heavy atom. The highest BCUT2D eigenvalue weighted by Crippen LogP contribution is 2.44. The molecular weight excluding hydrogens is 1100 g/mol. The van der Waals surface area contributed by atoms with Crippen molar-refractivity contribution in [2.24, 2.45) is 11.8 Å². The normalized spacial score (nSPS) is 25.0. The predicted octanol–water partition coefficient (Wildman–Crippen LogP) is 4.05. The lowest BCUT2D eigenvalue weighted by Crippen LogP contribution is -2.77. The van der Waals surface area contributed by atoms with Gasteiger partial charge < -0.3 is 60.2 Å². The van der Waals surface area contributed by atoms with Crippen LogP contribution < -0.4 is 16.0 Å². The number of carbonyl (C=O) groups is 9. The van der Waals surface area contributed by atoms with Crippen LogP contribution >= 0.6 is 0 Å². The van der Waals surface area contributed by atoms with Gasteiger partial charge in [-0.1, -0.05) is 50.6 Å². The molecule has 1 aliphatic carbocycles. The van der Waals surface area contributed by atoms with Gasteiger partial charge in [-0.3, -0.25) is 43.5 Å². The molecule has 3 unspecified atom stereocenters. The highest BCUT2D eigenvalue weighted by molar-refractivity contribution is 6.02. The molecule has 3 spiro atoms.